The van der Waals surface area contributed by atoms with E-state index in [1.807, 2.05) is 0 Å². The Hall–Kier alpha value is -6.28. The Morgan fingerprint density at radius 1 is 0.435 bits per heavy atom. The van der Waals surface area contributed by atoms with Gasteiger partial charge in [0.15, 0.2) is 11.6 Å². The Balaban J connectivity index is 1.33. The van der Waals surface area contributed by atoms with Gasteiger partial charge in [0.2, 0.25) is 0 Å². The lowest BCUT2D eigenvalue weighted by Gasteiger charge is -2.16. The van der Waals surface area contributed by atoms with Crippen LogP contribution in [0, 0.1) is 0 Å². The Kier molecular flexibility index (Phi) is 8.26. The summed E-state index contributed by atoms with van der Waals surface area (Å²) in [6.45, 7) is 0. The Labute approximate surface area is 265 Å². The molecule has 0 heterocycles. The number of methoxy groups -OCH3 is 2. The molecule has 8 heteroatoms. The summed E-state index contributed by atoms with van der Waals surface area (Å²) in [5.41, 5.74) is 14.3. The van der Waals surface area contributed by atoms with Crippen molar-refractivity contribution in [2.75, 3.05) is 25.7 Å². The lowest BCUT2D eigenvalue weighted by atomic mass is 9.91. The first-order valence-corrected chi connectivity index (χ1v) is 14.4. The number of carbonyl (C=O) groups excluding carboxylic acids is 2. The van der Waals surface area contributed by atoms with Crippen molar-refractivity contribution in [2.24, 2.45) is 0 Å². The molecule has 0 aliphatic rings. The predicted molar refractivity (Wildman–Crippen MR) is 179 cm³/mol. The summed E-state index contributed by atoms with van der Waals surface area (Å²) in [4.78, 5) is 28.0. The van der Waals surface area contributed by atoms with Crippen LogP contribution >= 0.6 is 0 Å². The number of ketones is 2. The predicted octanol–water partition coefficient (Wildman–Crippen LogP) is 8.07. The maximum Gasteiger partial charge on any atom is 0.197 e. The number of carbonyl (C=O) groups is 2. The van der Waals surface area contributed by atoms with Gasteiger partial charge in [0.05, 0.1) is 25.3 Å². The third-order valence-electron chi connectivity index (χ3n) is 7.48. The zero-order valence-corrected chi connectivity index (χ0v) is 25.2. The number of hydrogen-bond acceptors (Lipinski definition) is 8. The summed E-state index contributed by atoms with van der Waals surface area (Å²) in [5.74, 6) is 2.60. The molecule has 0 aromatic heterocycles. The lowest BCUT2D eigenvalue weighted by molar-refractivity contribution is 0.102. The van der Waals surface area contributed by atoms with Gasteiger partial charge < -0.3 is 30.4 Å². The number of benzene rings is 6. The Morgan fingerprint density at radius 2 is 0.739 bits per heavy atom. The van der Waals surface area contributed by atoms with Gasteiger partial charge in [-0.2, -0.15) is 0 Å². The second kappa shape index (κ2) is 12.8. The van der Waals surface area contributed by atoms with Gasteiger partial charge in [0, 0.05) is 22.5 Å². The quantitative estimate of drug-likeness (QED) is 0.118. The van der Waals surface area contributed by atoms with Crippen LogP contribution in [0.2, 0.25) is 0 Å². The molecule has 6 aromatic carbocycles. The number of hydrogen-bond donors (Lipinski definition) is 2. The zero-order valence-electron chi connectivity index (χ0n) is 25.2. The van der Waals surface area contributed by atoms with E-state index in [9.17, 15) is 9.59 Å². The SMILES string of the molecule is COc1ccc2c(C(=O)c3ccc(Oc4ccc(N)cc4)cc3)c(OC)ccc2c1C(=O)c1ccc(Oc2ccc(N)cc2)cc1. The van der Waals surface area contributed by atoms with Crippen LogP contribution in [-0.2, 0) is 0 Å². The van der Waals surface area contributed by atoms with Gasteiger partial charge >= 0.3 is 0 Å². The molecule has 0 amide bonds. The van der Waals surface area contributed by atoms with Gasteiger partial charge in [-0.25, -0.2) is 0 Å². The summed E-state index contributed by atoms with van der Waals surface area (Å²) < 4.78 is 23.0. The van der Waals surface area contributed by atoms with Crippen LogP contribution in [0.3, 0.4) is 0 Å². The maximum absolute atomic E-state index is 14.0. The van der Waals surface area contributed by atoms with Crippen molar-refractivity contribution in [3.05, 3.63) is 144 Å². The van der Waals surface area contributed by atoms with E-state index in [4.69, 9.17) is 30.4 Å². The summed E-state index contributed by atoms with van der Waals surface area (Å²) in [5, 5.41) is 1.11. The van der Waals surface area contributed by atoms with E-state index in [1.54, 1.807) is 121 Å². The second-order valence-corrected chi connectivity index (χ2v) is 10.4. The van der Waals surface area contributed by atoms with E-state index in [2.05, 4.69) is 0 Å². The number of nitrogens with two attached hydrogens (primary N) is 2. The van der Waals surface area contributed by atoms with Crippen LogP contribution in [0.4, 0.5) is 11.4 Å². The minimum absolute atomic E-state index is 0.269. The molecule has 0 saturated heterocycles. The number of fused-ring (bicyclic) bond motifs is 1. The molecule has 0 atom stereocenters. The van der Waals surface area contributed by atoms with Gasteiger partial charge in [-0.1, -0.05) is 0 Å². The normalized spacial score (nSPS) is 10.7. The largest absolute Gasteiger partial charge is 0.496 e. The lowest BCUT2D eigenvalue weighted by Crippen LogP contribution is -2.09. The Morgan fingerprint density at radius 3 is 1.04 bits per heavy atom. The molecule has 8 nitrogen and oxygen atoms in total. The highest BCUT2D eigenvalue weighted by molar-refractivity contribution is 6.24. The second-order valence-electron chi connectivity index (χ2n) is 10.4. The molecular weight excluding hydrogens is 580 g/mol. The molecule has 6 aromatic rings. The van der Waals surface area contributed by atoms with Crippen molar-refractivity contribution in [1.29, 1.82) is 0 Å². The van der Waals surface area contributed by atoms with Gasteiger partial charge in [-0.3, -0.25) is 9.59 Å². The summed E-state index contributed by atoms with van der Waals surface area (Å²) in [6.07, 6.45) is 0. The van der Waals surface area contributed by atoms with Gasteiger partial charge in [-0.15, -0.1) is 0 Å². The number of rotatable bonds is 10. The smallest absolute Gasteiger partial charge is 0.197 e. The van der Waals surface area contributed by atoms with Crippen LogP contribution in [0.15, 0.2) is 121 Å². The molecule has 0 radical (unpaired) electrons. The van der Waals surface area contributed by atoms with E-state index in [0.29, 0.717) is 78.9 Å². The molecule has 0 spiro atoms. The summed E-state index contributed by atoms with van der Waals surface area (Å²) in [6, 6.07) is 34.6. The average molecular weight is 611 g/mol. The van der Waals surface area contributed by atoms with Crippen molar-refractivity contribution in [3.8, 4) is 34.5 Å². The first kappa shape index (κ1) is 29.8. The van der Waals surface area contributed by atoms with Crippen molar-refractivity contribution in [1.82, 2.24) is 0 Å². The van der Waals surface area contributed by atoms with Crippen LogP contribution in [0.1, 0.15) is 31.8 Å². The molecule has 46 heavy (non-hydrogen) atoms. The van der Waals surface area contributed by atoms with E-state index >= 15 is 0 Å². The molecule has 0 fully saturated rings. The summed E-state index contributed by atoms with van der Waals surface area (Å²) >= 11 is 0. The van der Waals surface area contributed by atoms with Crippen molar-refractivity contribution in [3.63, 3.8) is 0 Å². The highest BCUT2D eigenvalue weighted by atomic mass is 16.5. The van der Waals surface area contributed by atoms with E-state index < -0.39 is 0 Å². The van der Waals surface area contributed by atoms with Crippen molar-refractivity contribution < 1.29 is 28.5 Å². The molecule has 228 valence electrons. The Bertz CT molecular complexity index is 1890. The highest BCUT2D eigenvalue weighted by Crippen LogP contribution is 2.37. The topological polar surface area (TPSA) is 123 Å². The fraction of sp³-hybridized carbons (Fsp3) is 0.0526. The van der Waals surface area contributed by atoms with Gasteiger partial charge in [0.25, 0.3) is 0 Å². The third kappa shape index (κ3) is 6.05. The molecule has 4 N–H and O–H groups in total. The highest BCUT2D eigenvalue weighted by Gasteiger charge is 2.24. The van der Waals surface area contributed by atoms with E-state index in [1.165, 1.54) is 14.2 Å². The average Bonchev–Trinajstić information content (AvgIpc) is 3.09. The number of anilines is 2. The van der Waals surface area contributed by atoms with Crippen LogP contribution in [-0.4, -0.2) is 25.8 Å². The van der Waals surface area contributed by atoms with Crippen molar-refractivity contribution in [2.45, 2.75) is 0 Å². The molecule has 0 aliphatic heterocycles. The molecule has 0 saturated carbocycles. The molecule has 0 unspecified atom stereocenters. The van der Waals surface area contributed by atoms with Crippen molar-refractivity contribution >= 4 is 33.7 Å². The first-order chi connectivity index (χ1) is 22.3. The van der Waals surface area contributed by atoms with Gasteiger partial charge in [-0.05, 0) is 132 Å². The third-order valence-corrected chi connectivity index (χ3v) is 7.48. The van der Waals surface area contributed by atoms with Crippen LogP contribution in [0.25, 0.3) is 10.8 Å². The maximum atomic E-state index is 14.0. The zero-order chi connectivity index (χ0) is 32.2. The number of ether oxygens (including phenoxy) is 4. The molecule has 0 bridgehead atoms. The first-order valence-electron chi connectivity index (χ1n) is 14.4. The van der Waals surface area contributed by atoms with E-state index in [-0.39, 0.29) is 11.6 Å². The minimum atomic E-state index is -0.269. The fourth-order valence-corrected chi connectivity index (χ4v) is 5.16. The van der Waals surface area contributed by atoms with E-state index in [0.717, 1.165) is 0 Å². The van der Waals surface area contributed by atoms with Crippen LogP contribution < -0.4 is 30.4 Å². The standard InChI is InChI=1S/C38H30N2O6/c1-43-33-21-19-32-31(35(33)37(41)23-3-11-27(12-4-23)45-29-15-7-25(39)8-16-29)20-22-34(44-2)36(32)38(42)24-5-13-28(14-6-24)46-30-17-9-26(40)10-18-30/h3-22H,39-40H2,1-2H3. The molecule has 0 aliphatic carbocycles. The van der Waals surface area contributed by atoms with Crippen LogP contribution in [0.5, 0.6) is 34.5 Å². The summed E-state index contributed by atoms with van der Waals surface area (Å²) in [7, 11) is 3.01. The molecular formula is C38H30N2O6. The minimum Gasteiger partial charge on any atom is -0.496 e. The fourth-order valence-electron chi connectivity index (χ4n) is 5.16. The monoisotopic (exact) mass is 610 g/mol. The number of nitrogen functional groups attached to an aromatic ring is 2. The molecule has 6 rings (SSSR count). The van der Waals surface area contributed by atoms with Gasteiger partial charge in [0.1, 0.15) is 34.5 Å².